The highest BCUT2D eigenvalue weighted by atomic mass is 16.5. The van der Waals surface area contributed by atoms with Gasteiger partial charge in [-0.2, -0.15) is 0 Å². The van der Waals surface area contributed by atoms with Gasteiger partial charge in [-0.15, -0.1) is 13.2 Å². The highest BCUT2D eigenvalue weighted by molar-refractivity contribution is 6.07. The van der Waals surface area contributed by atoms with Gasteiger partial charge in [-0.05, 0) is 66.9 Å². The molecule has 3 aliphatic rings. The Kier molecular flexibility index (Phi) is 8.48. The van der Waals surface area contributed by atoms with E-state index in [2.05, 4.69) is 13.2 Å². The van der Waals surface area contributed by atoms with Gasteiger partial charge in [-0.25, -0.2) is 0 Å². The molecule has 45 heavy (non-hydrogen) atoms. The molecule has 0 radical (unpaired) electrons. The maximum absolute atomic E-state index is 14.6. The minimum atomic E-state index is -1.19. The van der Waals surface area contributed by atoms with Crippen molar-refractivity contribution in [3.63, 3.8) is 0 Å². The standard InChI is InChI=1S/C36H39N3O6/c1-4-19-37(26-13-15-28(16-14-26)44-6-3)33(41)30-29-17-18-36(45-29)31(30)34(42)39(21-22-40)32(36)35(43)38(20-5-2)27-12-11-24-9-7-8-10-25(24)23-27/h4-5,7-16,23,29-32,40H,1-2,6,17-22H2,3H3/t29-,30+,31+,32?,36?/m1/s1. The maximum Gasteiger partial charge on any atom is 0.253 e. The van der Waals surface area contributed by atoms with Crippen molar-refractivity contribution in [2.24, 2.45) is 11.8 Å². The molecule has 2 unspecified atom stereocenters. The number of likely N-dealkylation sites (tertiary alicyclic amines) is 1. The molecule has 0 aliphatic carbocycles. The van der Waals surface area contributed by atoms with Crippen LogP contribution in [0, 0.1) is 11.8 Å². The van der Waals surface area contributed by atoms with E-state index in [4.69, 9.17) is 9.47 Å². The van der Waals surface area contributed by atoms with Crippen LogP contribution in [0.25, 0.3) is 10.8 Å². The van der Waals surface area contributed by atoms with E-state index in [0.717, 1.165) is 10.8 Å². The van der Waals surface area contributed by atoms with E-state index >= 15 is 0 Å². The van der Waals surface area contributed by atoms with E-state index in [0.29, 0.717) is 36.6 Å². The number of carbonyl (C=O) groups is 3. The summed E-state index contributed by atoms with van der Waals surface area (Å²) in [6.45, 7) is 10.3. The number of benzene rings is 3. The third-order valence-electron chi connectivity index (χ3n) is 9.32. The minimum absolute atomic E-state index is 0.0443. The number of β-amino-alcohol motifs (C(OH)–C–C–N with tert-alkyl or cyclic N) is 1. The summed E-state index contributed by atoms with van der Waals surface area (Å²) in [4.78, 5) is 48.0. The lowest BCUT2D eigenvalue weighted by atomic mass is 9.70. The third kappa shape index (κ3) is 5.10. The Labute approximate surface area is 263 Å². The molecule has 9 heteroatoms. The van der Waals surface area contributed by atoms with Gasteiger partial charge in [0, 0.05) is 31.0 Å². The first-order valence-electron chi connectivity index (χ1n) is 15.5. The Morgan fingerprint density at radius 3 is 2.33 bits per heavy atom. The summed E-state index contributed by atoms with van der Waals surface area (Å²) in [7, 11) is 0. The Morgan fingerprint density at radius 2 is 1.67 bits per heavy atom. The molecule has 3 heterocycles. The van der Waals surface area contributed by atoms with Crippen LogP contribution < -0.4 is 14.5 Å². The quantitative estimate of drug-likeness (QED) is 0.307. The number of rotatable bonds is 12. The van der Waals surface area contributed by atoms with Crippen molar-refractivity contribution in [1.82, 2.24) is 4.90 Å². The van der Waals surface area contributed by atoms with Crippen LogP contribution in [0.5, 0.6) is 5.75 Å². The lowest BCUT2D eigenvalue weighted by molar-refractivity contribution is -0.141. The summed E-state index contributed by atoms with van der Waals surface area (Å²) < 4.78 is 12.2. The average Bonchev–Trinajstić information content (AvgIpc) is 3.70. The number of hydrogen-bond acceptors (Lipinski definition) is 6. The molecule has 3 aromatic carbocycles. The van der Waals surface area contributed by atoms with E-state index in [-0.39, 0.29) is 44.0 Å². The van der Waals surface area contributed by atoms with Crippen molar-refractivity contribution in [3.05, 3.63) is 92.0 Å². The highest BCUT2D eigenvalue weighted by Crippen LogP contribution is 2.59. The van der Waals surface area contributed by atoms with Gasteiger partial charge >= 0.3 is 0 Å². The van der Waals surface area contributed by atoms with E-state index in [9.17, 15) is 19.5 Å². The SMILES string of the molecule is C=CCN(C(=O)C1N(CCO)C(=O)[C@@H]2[C@@H](C(=O)N(CC=C)c3ccc(OCC)cc3)[C@H]3CCC12O3)c1ccc2ccccc2c1. The summed E-state index contributed by atoms with van der Waals surface area (Å²) in [6, 6.07) is 19.9. The molecule has 0 saturated carbocycles. The number of aliphatic hydroxyl groups excluding tert-OH is 1. The first-order valence-corrected chi connectivity index (χ1v) is 15.5. The predicted molar refractivity (Wildman–Crippen MR) is 173 cm³/mol. The Bertz CT molecular complexity index is 1620. The molecule has 2 bridgehead atoms. The van der Waals surface area contributed by atoms with E-state index in [1.165, 1.54) is 4.90 Å². The van der Waals surface area contributed by atoms with Crippen LogP contribution in [-0.2, 0) is 19.1 Å². The van der Waals surface area contributed by atoms with Crippen molar-refractivity contribution in [2.45, 2.75) is 37.5 Å². The number of ether oxygens (including phenoxy) is 2. The number of nitrogens with zero attached hydrogens (tertiary/aromatic N) is 3. The smallest absolute Gasteiger partial charge is 0.253 e. The fourth-order valence-electron chi connectivity index (χ4n) is 7.53. The van der Waals surface area contributed by atoms with Crippen LogP contribution in [0.1, 0.15) is 19.8 Å². The molecule has 3 fully saturated rings. The third-order valence-corrected chi connectivity index (χ3v) is 9.32. The van der Waals surface area contributed by atoms with Gasteiger partial charge in [0.2, 0.25) is 11.8 Å². The molecule has 3 amide bonds. The highest BCUT2D eigenvalue weighted by Gasteiger charge is 2.75. The van der Waals surface area contributed by atoms with E-state index in [1.807, 2.05) is 61.5 Å². The number of hydrogen-bond donors (Lipinski definition) is 1. The molecule has 234 valence electrons. The van der Waals surface area contributed by atoms with Crippen molar-refractivity contribution in [1.29, 1.82) is 0 Å². The molecule has 1 N–H and O–H groups in total. The minimum Gasteiger partial charge on any atom is -0.494 e. The second kappa shape index (κ2) is 12.5. The molecule has 6 rings (SSSR count). The molecule has 0 aromatic heterocycles. The largest absolute Gasteiger partial charge is 0.494 e. The van der Waals surface area contributed by atoms with Gasteiger partial charge in [-0.3, -0.25) is 14.4 Å². The van der Waals surface area contributed by atoms with Gasteiger partial charge in [0.25, 0.3) is 5.91 Å². The Hall–Kier alpha value is -4.47. The fourth-order valence-corrected chi connectivity index (χ4v) is 7.53. The molecule has 3 aliphatic heterocycles. The maximum atomic E-state index is 14.6. The summed E-state index contributed by atoms with van der Waals surface area (Å²) >= 11 is 0. The average molecular weight is 610 g/mol. The predicted octanol–water partition coefficient (Wildman–Crippen LogP) is 4.34. The number of amides is 3. The molecule has 3 saturated heterocycles. The second-order valence-corrected chi connectivity index (χ2v) is 11.7. The first-order chi connectivity index (χ1) is 21.9. The summed E-state index contributed by atoms with van der Waals surface area (Å²) in [6.07, 6.45) is 3.79. The molecule has 3 aromatic rings. The molecule has 1 spiro atoms. The van der Waals surface area contributed by atoms with Crippen LogP contribution in [0.15, 0.2) is 92.0 Å². The van der Waals surface area contributed by atoms with Crippen molar-refractivity contribution >= 4 is 39.9 Å². The van der Waals surface area contributed by atoms with Gasteiger partial charge in [0.1, 0.15) is 17.4 Å². The van der Waals surface area contributed by atoms with Gasteiger partial charge in [0.05, 0.1) is 31.2 Å². The fraction of sp³-hybridized carbons (Fsp3) is 0.361. The van der Waals surface area contributed by atoms with Crippen LogP contribution in [0.2, 0.25) is 0 Å². The number of anilines is 2. The monoisotopic (exact) mass is 609 g/mol. The van der Waals surface area contributed by atoms with Crippen LogP contribution in [-0.4, -0.2) is 78.3 Å². The second-order valence-electron chi connectivity index (χ2n) is 11.7. The zero-order valence-corrected chi connectivity index (χ0v) is 25.5. The van der Waals surface area contributed by atoms with Crippen molar-refractivity contribution in [3.8, 4) is 5.75 Å². The van der Waals surface area contributed by atoms with Crippen molar-refractivity contribution in [2.75, 3.05) is 42.6 Å². The number of fused-ring (bicyclic) bond motifs is 2. The van der Waals surface area contributed by atoms with Gasteiger partial charge in [0.15, 0.2) is 0 Å². The Balaban J connectivity index is 1.36. The van der Waals surface area contributed by atoms with Crippen LogP contribution in [0.4, 0.5) is 11.4 Å². The summed E-state index contributed by atoms with van der Waals surface area (Å²) in [5.74, 6) is -1.87. The Morgan fingerprint density at radius 1 is 1.00 bits per heavy atom. The van der Waals surface area contributed by atoms with E-state index < -0.39 is 29.6 Å². The molecule has 5 atom stereocenters. The van der Waals surface area contributed by atoms with Gasteiger partial charge in [-0.1, -0.05) is 42.5 Å². The molecule has 9 nitrogen and oxygen atoms in total. The van der Waals surface area contributed by atoms with Crippen molar-refractivity contribution < 1.29 is 29.0 Å². The van der Waals surface area contributed by atoms with Crippen LogP contribution >= 0.6 is 0 Å². The molecular formula is C36H39N3O6. The molecular weight excluding hydrogens is 570 g/mol. The van der Waals surface area contributed by atoms with Gasteiger partial charge < -0.3 is 29.3 Å². The first kappa shape index (κ1) is 30.6. The lowest BCUT2D eigenvalue weighted by Gasteiger charge is -2.37. The number of carbonyl (C=O) groups excluding carboxylic acids is 3. The number of aliphatic hydroxyl groups is 1. The normalized spacial score (nSPS) is 24.8. The van der Waals surface area contributed by atoms with Crippen LogP contribution in [0.3, 0.4) is 0 Å². The zero-order valence-electron chi connectivity index (χ0n) is 25.5. The summed E-state index contributed by atoms with van der Waals surface area (Å²) in [5.41, 5.74) is 0.130. The lowest BCUT2D eigenvalue weighted by Crippen LogP contribution is -2.57. The summed E-state index contributed by atoms with van der Waals surface area (Å²) in [5, 5.41) is 12.0. The van der Waals surface area contributed by atoms with E-state index in [1.54, 1.807) is 34.1 Å². The topological polar surface area (TPSA) is 99.6 Å². The zero-order chi connectivity index (χ0) is 31.7.